The number of hydrogen-bond donors (Lipinski definition) is 1. The number of nitrogens with zero attached hydrogens (tertiary/aromatic N) is 1. The van der Waals surface area contributed by atoms with Gasteiger partial charge in [0.1, 0.15) is 0 Å². The van der Waals surface area contributed by atoms with Gasteiger partial charge in [0.25, 0.3) is 0 Å². The predicted molar refractivity (Wildman–Crippen MR) is 78.3 cm³/mol. The zero-order valence-electron chi connectivity index (χ0n) is 12.2. The summed E-state index contributed by atoms with van der Waals surface area (Å²) in [6, 6.07) is 7.68. The first kappa shape index (κ1) is 13.6. The van der Waals surface area contributed by atoms with Gasteiger partial charge in [0.15, 0.2) is 0 Å². The molecule has 2 heteroatoms. The summed E-state index contributed by atoms with van der Waals surface area (Å²) in [5.74, 6) is 0.623. The molecule has 1 aliphatic heterocycles. The van der Waals surface area contributed by atoms with E-state index in [0.717, 1.165) is 25.7 Å². The van der Waals surface area contributed by atoms with Crippen LogP contribution in [-0.4, -0.2) is 37.6 Å². The Kier molecular flexibility index (Phi) is 4.41. The third-order valence-corrected chi connectivity index (χ3v) is 4.16. The molecule has 1 aromatic rings. The highest BCUT2D eigenvalue weighted by atomic mass is 15.2. The van der Waals surface area contributed by atoms with Crippen LogP contribution in [0.25, 0.3) is 0 Å². The molecule has 0 radical (unpaired) electrons. The maximum atomic E-state index is 3.33. The topological polar surface area (TPSA) is 15.3 Å². The van der Waals surface area contributed by atoms with Crippen molar-refractivity contribution in [2.45, 2.75) is 39.2 Å². The Morgan fingerprint density at radius 1 is 1.33 bits per heavy atom. The van der Waals surface area contributed by atoms with Crippen molar-refractivity contribution < 1.29 is 0 Å². The van der Waals surface area contributed by atoms with Gasteiger partial charge in [-0.15, -0.1) is 0 Å². The van der Waals surface area contributed by atoms with E-state index in [-0.39, 0.29) is 0 Å². The maximum Gasteiger partial charge on any atom is 0.0342 e. The van der Waals surface area contributed by atoms with Gasteiger partial charge in [0.05, 0.1) is 0 Å². The lowest BCUT2D eigenvalue weighted by molar-refractivity contribution is 0.182. The Balaban J connectivity index is 1.97. The standard InChI is InChI=1S/C16H26N2/c1-12(2)14-6-5-13(3)15(9-14)7-8-18(4)16-10-17-11-16/h5-6,9,12,16-17H,7-8,10-11H2,1-4H3. The predicted octanol–water partition coefficient (Wildman–Crippen LogP) is 2.56. The van der Waals surface area contributed by atoms with Gasteiger partial charge in [0, 0.05) is 25.7 Å². The van der Waals surface area contributed by atoms with Gasteiger partial charge in [0.2, 0.25) is 0 Å². The van der Waals surface area contributed by atoms with Crippen LogP contribution in [0.1, 0.15) is 36.5 Å². The van der Waals surface area contributed by atoms with Crippen LogP contribution in [0.4, 0.5) is 0 Å². The van der Waals surface area contributed by atoms with Crippen molar-refractivity contribution in [3.63, 3.8) is 0 Å². The highest BCUT2D eigenvalue weighted by Crippen LogP contribution is 2.19. The lowest BCUT2D eigenvalue weighted by atomic mass is 9.96. The average molecular weight is 246 g/mol. The Hall–Kier alpha value is -0.860. The molecule has 1 aliphatic rings. The minimum absolute atomic E-state index is 0.623. The van der Waals surface area contributed by atoms with Gasteiger partial charge in [-0.1, -0.05) is 32.0 Å². The fraction of sp³-hybridized carbons (Fsp3) is 0.625. The van der Waals surface area contributed by atoms with Gasteiger partial charge in [-0.25, -0.2) is 0 Å². The lowest BCUT2D eigenvalue weighted by Gasteiger charge is -2.35. The van der Waals surface area contributed by atoms with E-state index in [1.54, 1.807) is 0 Å². The van der Waals surface area contributed by atoms with Crippen molar-refractivity contribution in [2.75, 3.05) is 26.7 Å². The van der Waals surface area contributed by atoms with Crippen LogP contribution in [0, 0.1) is 6.92 Å². The second-order valence-electron chi connectivity index (χ2n) is 5.88. The summed E-state index contributed by atoms with van der Waals surface area (Å²) >= 11 is 0. The largest absolute Gasteiger partial charge is 0.314 e. The van der Waals surface area contributed by atoms with Crippen molar-refractivity contribution in [1.82, 2.24) is 10.2 Å². The molecule has 100 valence electrons. The first-order chi connectivity index (χ1) is 8.58. The van der Waals surface area contributed by atoms with Crippen molar-refractivity contribution in [3.05, 3.63) is 34.9 Å². The summed E-state index contributed by atoms with van der Waals surface area (Å²) in [6.45, 7) is 10.2. The summed E-state index contributed by atoms with van der Waals surface area (Å²) < 4.78 is 0. The first-order valence-corrected chi connectivity index (χ1v) is 7.08. The number of hydrogen-bond acceptors (Lipinski definition) is 2. The lowest BCUT2D eigenvalue weighted by Crippen LogP contribution is -2.56. The summed E-state index contributed by atoms with van der Waals surface area (Å²) in [6.07, 6.45) is 1.17. The normalized spacial score (nSPS) is 16.3. The maximum absolute atomic E-state index is 3.33. The second kappa shape index (κ2) is 5.85. The Bertz CT molecular complexity index is 394. The van der Waals surface area contributed by atoms with Crippen molar-refractivity contribution in [2.24, 2.45) is 0 Å². The molecule has 0 amide bonds. The highest BCUT2D eigenvalue weighted by molar-refractivity contribution is 5.32. The number of rotatable bonds is 5. The Morgan fingerprint density at radius 2 is 2.06 bits per heavy atom. The van der Waals surface area contributed by atoms with E-state index in [0.29, 0.717) is 5.92 Å². The Labute approximate surface area is 111 Å². The molecule has 0 unspecified atom stereocenters. The fourth-order valence-electron chi connectivity index (χ4n) is 2.38. The molecular formula is C16H26N2. The first-order valence-electron chi connectivity index (χ1n) is 7.08. The minimum Gasteiger partial charge on any atom is -0.314 e. The molecule has 0 saturated carbocycles. The van der Waals surface area contributed by atoms with E-state index < -0.39 is 0 Å². The van der Waals surface area contributed by atoms with Crippen LogP contribution >= 0.6 is 0 Å². The van der Waals surface area contributed by atoms with Gasteiger partial charge in [-0.3, -0.25) is 0 Å². The molecule has 2 rings (SSSR count). The molecule has 1 heterocycles. The van der Waals surface area contributed by atoms with Crippen LogP contribution < -0.4 is 5.32 Å². The molecule has 1 N–H and O–H groups in total. The van der Waals surface area contributed by atoms with Crippen LogP contribution in [0.5, 0.6) is 0 Å². The fourth-order valence-corrected chi connectivity index (χ4v) is 2.38. The van der Waals surface area contributed by atoms with Crippen LogP contribution in [0.15, 0.2) is 18.2 Å². The summed E-state index contributed by atoms with van der Waals surface area (Å²) in [7, 11) is 2.24. The molecule has 0 spiro atoms. The van der Waals surface area contributed by atoms with Crippen LogP contribution in [0.3, 0.4) is 0 Å². The molecule has 1 fully saturated rings. The molecule has 0 aliphatic carbocycles. The second-order valence-corrected chi connectivity index (χ2v) is 5.88. The monoisotopic (exact) mass is 246 g/mol. The third-order valence-electron chi connectivity index (χ3n) is 4.16. The van der Waals surface area contributed by atoms with E-state index in [2.05, 4.69) is 56.2 Å². The van der Waals surface area contributed by atoms with E-state index in [4.69, 9.17) is 0 Å². The molecule has 0 atom stereocenters. The van der Waals surface area contributed by atoms with E-state index in [1.165, 1.54) is 23.1 Å². The summed E-state index contributed by atoms with van der Waals surface area (Å²) in [5.41, 5.74) is 4.41. The Morgan fingerprint density at radius 3 is 2.61 bits per heavy atom. The van der Waals surface area contributed by atoms with Gasteiger partial charge < -0.3 is 10.2 Å². The third kappa shape index (κ3) is 3.12. The minimum atomic E-state index is 0.623. The van der Waals surface area contributed by atoms with Gasteiger partial charge >= 0.3 is 0 Å². The van der Waals surface area contributed by atoms with E-state index >= 15 is 0 Å². The van der Waals surface area contributed by atoms with Gasteiger partial charge in [-0.05, 0) is 43.0 Å². The quantitative estimate of drug-likeness (QED) is 0.859. The number of aryl methyl sites for hydroxylation is 1. The van der Waals surface area contributed by atoms with E-state index in [1.807, 2.05) is 0 Å². The molecular weight excluding hydrogens is 220 g/mol. The highest BCUT2D eigenvalue weighted by Gasteiger charge is 2.20. The molecule has 1 saturated heterocycles. The van der Waals surface area contributed by atoms with Crippen molar-refractivity contribution in [1.29, 1.82) is 0 Å². The summed E-state index contributed by atoms with van der Waals surface area (Å²) in [5, 5.41) is 3.33. The van der Waals surface area contributed by atoms with Crippen molar-refractivity contribution >= 4 is 0 Å². The van der Waals surface area contributed by atoms with Crippen molar-refractivity contribution in [3.8, 4) is 0 Å². The molecule has 2 nitrogen and oxygen atoms in total. The van der Waals surface area contributed by atoms with Gasteiger partial charge in [-0.2, -0.15) is 0 Å². The zero-order chi connectivity index (χ0) is 13.1. The van der Waals surface area contributed by atoms with E-state index in [9.17, 15) is 0 Å². The van der Waals surface area contributed by atoms with Crippen LogP contribution in [-0.2, 0) is 6.42 Å². The number of benzene rings is 1. The molecule has 18 heavy (non-hydrogen) atoms. The molecule has 0 bridgehead atoms. The van der Waals surface area contributed by atoms with Crippen LogP contribution in [0.2, 0.25) is 0 Å². The number of likely N-dealkylation sites (N-methyl/N-ethyl adjacent to an activating group) is 1. The average Bonchev–Trinajstić information content (AvgIpc) is 2.25. The summed E-state index contributed by atoms with van der Waals surface area (Å²) in [4.78, 5) is 2.48. The number of nitrogens with one attached hydrogen (secondary N) is 1. The molecule has 1 aromatic carbocycles. The smallest absolute Gasteiger partial charge is 0.0342 e. The zero-order valence-corrected chi connectivity index (χ0v) is 12.2. The SMILES string of the molecule is Cc1ccc(C(C)C)cc1CCN(C)C1CNC1. The molecule has 0 aromatic heterocycles.